The van der Waals surface area contributed by atoms with Gasteiger partial charge in [0, 0.05) is 31.7 Å². The van der Waals surface area contributed by atoms with Gasteiger partial charge in [0.25, 0.3) is 0 Å². The summed E-state index contributed by atoms with van der Waals surface area (Å²) >= 11 is 5.96. The Morgan fingerprint density at radius 2 is 1.78 bits per heavy atom. The van der Waals surface area contributed by atoms with E-state index in [1.807, 2.05) is 0 Å². The van der Waals surface area contributed by atoms with Crippen LogP contribution in [0.15, 0.2) is 42.5 Å². The fourth-order valence-electron chi connectivity index (χ4n) is 3.83. The molecule has 2 aliphatic rings. The minimum Gasteiger partial charge on any atom is -0.378 e. The van der Waals surface area contributed by atoms with Crippen molar-refractivity contribution in [3.8, 4) is 0 Å². The fraction of sp³-hybridized carbons (Fsp3) is 0.409. The van der Waals surface area contributed by atoms with E-state index in [2.05, 4.69) is 4.90 Å². The van der Waals surface area contributed by atoms with Crippen LogP contribution in [0.1, 0.15) is 22.8 Å². The molecule has 0 radical (unpaired) electrons. The number of piperazine rings is 1. The third-order valence-electron chi connectivity index (χ3n) is 5.89. The predicted octanol–water partition coefficient (Wildman–Crippen LogP) is 2.95. The van der Waals surface area contributed by atoms with Crippen molar-refractivity contribution in [2.75, 3.05) is 43.7 Å². The fourth-order valence-corrected chi connectivity index (χ4v) is 5.60. The van der Waals surface area contributed by atoms with Gasteiger partial charge in [-0.15, -0.1) is 0 Å². The molecule has 7 nitrogen and oxygen atoms in total. The monoisotopic (exact) mass is 481 g/mol. The molecule has 0 bridgehead atoms. The normalized spacial score (nSPS) is 18.3. The molecule has 10 heteroatoms. The van der Waals surface area contributed by atoms with E-state index in [1.165, 1.54) is 27.7 Å². The van der Waals surface area contributed by atoms with Crippen LogP contribution in [0.25, 0.3) is 0 Å². The zero-order valence-electron chi connectivity index (χ0n) is 17.7. The summed E-state index contributed by atoms with van der Waals surface area (Å²) in [7, 11) is -3.91. The van der Waals surface area contributed by atoms with Gasteiger partial charge >= 0.3 is 10.2 Å². The van der Waals surface area contributed by atoms with Gasteiger partial charge in [-0.05, 0) is 30.7 Å². The van der Waals surface area contributed by atoms with Crippen molar-refractivity contribution in [1.29, 1.82) is 0 Å². The average molecular weight is 482 g/mol. The second kappa shape index (κ2) is 9.44. The Bertz CT molecular complexity index is 1080. The highest BCUT2D eigenvalue weighted by molar-refractivity contribution is 7.90. The highest BCUT2D eigenvalue weighted by Gasteiger charge is 2.36. The number of benzene rings is 2. The summed E-state index contributed by atoms with van der Waals surface area (Å²) in [4.78, 5) is 13.8. The van der Waals surface area contributed by atoms with Crippen LogP contribution >= 0.6 is 11.6 Å². The van der Waals surface area contributed by atoms with Crippen molar-refractivity contribution in [2.45, 2.75) is 19.5 Å². The maximum Gasteiger partial charge on any atom is 0.304 e. The predicted molar refractivity (Wildman–Crippen MR) is 121 cm³/mol. The van der Waals surface area contributed by atoms with Crippen LogP contribution in [0.4, 0.5) is 10.1 Å². The molecule has 0 aliphatic carbocycles. The molecule has 2 heterocycles. The Hall–Kier alpha value is -2.04. The number of carbonyl (C=O) groups is 1. The van der Waals surface area contributed by atoms with E-state index in [4.69, 9.17) is 16.3 Å². The summed E-state index contributed by atoms with van der Waals surface area (Å²) < 4.78 is 49.0. The third kappa shape index (κ3) is 4.82. The number of hydrogen-bond donors (Lipinski definition) is 0. The van der Waals surface area contributed by atoms with E-state index in [1.54, 1.807) is 24.3 Å². The molecule has 0 amide bonds. The Morgan fingerprint density at radius 1 is 1.12 bits per heavy atom. The third-order valence-corrected chi connectivity index (χ3v) is 8.10. The molecule has 172 valence electrons. The lowest BCUT2D eigenvalue weighted by atomic mass is 10.1. The zero-order chi connectivity index (χ0) is 22.9. The number of rotatable bonds is 7. The summed E-state index contributed by atoms with van der Waals surface area (Å²) in [5.41, 5.74) is 1.52. The lowest BCUT2D eigenvalue weighted by molar-refractivity contribution is -0.0721. The van der Waals surface area contributed by atoms with E-state index in [9.17, 15) is 17.6 Å². The Kier molecular flexibility index (Phi) is 6.83. The maximum absolute atomic E-state index is 13.8. The van der Waals surface area contributed by atoms with Crippen LogP contribution in [0.2, 0.25) is 5.02 Å². The zero-order valence-corrected chi connectivity index (χ0v) is 19.3. The molecular formula is C22H25ClFN3O4S. The Labute approximate surface area is 192 Å². The van der Waals surface area contributed by atoms with Gasteiger partial charge in [-0.3, -0.25) is 14.0 Å². The molecule has 2 aromatic carbocycles. The van der Waals surface area contributed by atoms with E-state index in [0.29, 0.717) is 56.6 Å². The number of halogens is 2. The van der Waals surface area contributed by atoms with Gasteiger partial charge in [-0.25, -0.2) is 4.39 Å². The molecule has 4 rings (SSSR count). The molecule has 0 atom stereocenters. The molecule has 2 aromatic rings. The standard InChI is InChI=1S/C22H25ClFN3O4S/c1-16(28)18-4-2-17(3-5-18)13-27(19-6-7-22(24)21(23)12-19)32(29,30)26-10-8-25(9-11-26)20-14-31-15-20/h2-7,12,20H,8-11,13-15H2,1H3. The van der Waals surface area contributed by atoms with Gasteiger partial charge in [0.1, 0.15) is 5.82 Å². The highest BCUT2D eigenvalue weighted by atomic mass is 35.5. The maximum atomic E-state index is 13.8. The molecule has 32 heavy (non-hydrogen) atoms. The van der Waals surface area contributed by atoms with Crippen molar-refractivity contribution in [1.82, 2.24) is 9.21 Å². The lowest BCUT2D eigenvalue weighted by Gasteiger charge is -2.43. The van der Waals surface area contributed by atoms with Gasteiger partial charge < -0.3 is 4.74 Å². The molecule has 0 N–H and O–H groups in total. The minimum atomic E-state index is -3.91. The molecule has 2 saturated heterocycles. The van der Waals surface area contributed by atoms with Gasteiger partial charge in [0.2, 0.25) is 0 Å². The first-order valence-electron chi connectivity index (χ1n) is 10.4. The number of anilines is 1. The highest BCUT2D eigenvalue weighted by Crippen LogP contribution is 2.28. The summed E-state index contributed by atoms with van der Waals surface area (Å²) in [6.07, 6.45) is 0. The van der Waals surface area contributed by atoms with Gasteiger partial charge in [0.15, 0.2) is 5.78 Å². The van der Waals surface area contributed by atoms with E-state index < -0.39 is 16.0 Å². The van der Waals surface area contributed by atoms with Crippen molar-refractivity contribution < 1.29 is 22.3 Å². The minimum absolute atomic E-state index is 0.0269. The van der Waals surface area contributed by atoms with Crippen molar-refractivity contribution in [3.05, 3.63) is 64.4 Å². The number of ether oxygens (including phenoxy) is 1. The van der Waals surface area contributed by atoms with Gasteiger partial charge in [-0.1, -0.05) is 35.9 Å². The molecule has 0 aromatic heterocycles. The number of ketones is 1. The number of hydrogen-bond acceptors (Lipinski definition) is 5. The molecule has 2 aliphatic heterocycles. The summed E-state index contributed by atoms with van der Waals surface area (Å²) in [5, 5.41) is -0.149. The lowest BCUT2D eigenvalue weighted by Crippen LogP contribution is -2.59. The van der Waals surface area contributed by atoms with Crippen molar-refractivity contribution >= 4 is 33.3 Å². The van der Waals surface area contributed by atoms with Crippen LogP contribution < -0.4 is 4.31 Å². The quantitative estimate of drug-likeness (QED) is 0.569. The van der Waals surface area contributed by atoms with Gasteiger partial charge in [-0.2, -0.15) is 12.7 Å². The van der Waals surface area contributed by atoms with Crippen LogP contribution in [-0.2, 0) is 21.5 Å². The van der Waals surface area contributed by atoms with Crippen LogP contribution in [0.5, 0.6) is 0 Å². The molecule has 0 spiro atoms. The summed E-state index contributed by atoms with van der Waals surface area (Å²) in [6.45, 7) is 4.82. The smallest absolute Gasteiger partial charge is 0.304 e. The van der Waals surface area contributed by atoms with E-state index in [-0.39, 0.29) is 23.0 Å². The first-order valence-corrected chi connectivity index (χ1v) is 12.2. The van der Waals surface area contributed by atoms with E-state index >= 15 is 0 Å². The summed E-state index contributed by atoms with van der Waals surface area (Å²) in [6, 6.07) is 11.0. The number of Topliss-reactive ketones (excluding diaryl/α,β-unsaturated/α-hetero) is 1. The van der Waals surface area contributed by atoms with E-state index in [0.717, 1.165) is 6.07 Å². The Balaban J connectivity index is 1.60. The van der Waals surface area contributed by atoms with Gasteiger partial charge in [0.05, 0.1) is 36.5 Å². The molecule has 0 saturated carbocycles. The Morgan fingerprint density at radius 3 is 2.31 bits per heavy atom. The number of nitrogens with zero attached hydrogens (tertiary/aromatic N) is 3. The molecule has 0 unspecified atom stereocenters. The first kappa shape index (κ1) is 23.1. The van der Waals surface area contributed by atoms with Crippen LogP contribution in [0.3, 0.4) is 0 Å². The van der Waals surface area contributed by atoms with Crippen LogP contribution in [-0.4, -0.2) is 68.8 Å². The second-order valence-electron chi connectivity index (χ2n) is 7.99. The SMILES string of the molecule is CC(=O)c1ccc(CN(c2ccc(F)c(Cl)c2)S(=O)(=O)N2CCN(C3COC3)CC2)cc1. The number of carbonyl (C=O) groups excluding carboxylic acids is 1. The topological polar surface area (TPSA) is 70.2 Å². The van der Waals surface area contributed by atoms with Crippen LogP contribution in [0, 0.1) is 5.82 Å². The average Bonchev–Trinajstić information content (AvgIpc) is 2.73. The van der Waals surface area contributed by atoms with Crippen molar-refractivity contribution in [2.24, 2.45) is 0 Å². The molecular weight excluding hydrogens is 457 g/mol. The first-order chi connectivity index (χ1) is 15.3. The molecule has 2 fully saturated rings. The largest absolute Gasteiger partial charge is 0.378 e. The second-order valence-corrected chi connectivity index (χ2v) is 10.3. The van der Waals surface area contributed by atoms with Crippen molar-refractivity contribution in [3.63, 3.8) is 0 Å². The summed E-state index contributed by atoms with van der Waals surface area (Å²) in [5.74, 6) is -0.684.